The van der Waals surface area contributed by atoms with E-state index in [0.29, 0.717) is 12.4 Å². The van der Waals surface area contributed by atoms with Gasteiger partial charge in [0.05, 0.1) is 13.2 Å². The predicted molar refractivity (Wildman–Crippen MR) is 108 cm³/mol. The van der Waals surface area contributed by atoms with Crippen LogP contribution in [0.5, 0.6) is 17.2 Å². The number of carbonyl (C=O) groups excluding carboxylic acids is 2. The molecule has 29 heavy (non-hydrogen) atoms. The third-order valence-corrected chi connectivity index (χ3v) is 4.41. The quantitative estimate of drug-likeness (QED) is 0.677. The number of hydrogen-bond acceptors (Lipinski definition) is 5. The molecule has 0 unspecified atom stereocenters. The van der Waals surface area contributed by atoms with E-state index >= 15 is 0 Å². The molecule has 1 heterocycles. The number of carbonyl (C=O) groups is 2. The molecule has 2 aromatic rings. The average molecular weight is 398 g/mol. The summed E-state index contributed by atoms with van der Waals surface area (Å²) in [7, 11) is 0. The molecule has 0 saturated carbocycles. The second-order valence-corrected chi connectivity index (χ2v) is 6.79. The minimum Gasteiger partial charge on any atom is -0.494 e. The summed E-state index contributed by atoms with van der Waals surface area (Å²) in [6, 6.07) is 12.9. The summed E-state index contributed by atoms with van der Waals surface area (Å²) in [6.07, 6.45) is 0.983. The summed E-state index contributed by atoms with van der Waals surface area (Å²) in [4.78, 5) is 24.0. The number of fused-ring (bicyclic) bond motifs is 1. The Hall–Kier alpha value is -3.22. The highest BCUT2D eigenvalue weighted by atomic mass is 16.5. The van der Waals surface area contributed by atoms with Crippen molar-refractivity contribution in [3.05, 3.63) is 53.6 Å². The van der Waals surface area contributed by atoms with Gasteiger partial charge < -0.3 is 24.8 Å². The van der Waals surface area contributed by atoms with Gasteiger partial charge in [0.25, 0.3) is 5.91 Å². The lowest BCUT2D eigenvalue weighted by atomic mass is 10.1. The average Bonchev–Trinajstić information content (AvgIpc) is 3.08. The van der Waals surface area contributed by atoms with E-state index in [2.05, 4.69) is 10.6 Å². The van der Waals surface area contributed by atoms with Gasteiger partial charge in [-0.05, 0) is 38.1 Å². The van der Waals surface area contributed by atoms with Gasteiger partial charge in [-0.1, -0.05) is 18.2 Å². The lowest BCUT2D eigenvalue weighted by Crippen LogP contribution is -2.38. The monoisotopic (exact) mass is 398 g/mol. The van der Waals surface area contributed by atoms with Crippen molar-refractivity contribution >= 4 is 11.8 Å². The Labute approximate surface area is 170 Å². The highest BCUT2D eigenvalue weighted by Crippen LogP contribution is 2.35. The van der Waals surface area contributed by atoms with Crippen molar-refractivity contribution in [3.63, 3.8) is 0 Å². The molecule has 3 rings (SSSR count). The van der Waals surface area contributed by atoms with E-state index in [1.165, 1.54) is 0 Å². The van der Waals surface area contributed by atoms with Crippen molar-refractivity contribution in [3.8, 4) is 17.2 Å². The third kappa shape index (κ3) is 5.88. The summed E-state index contributed by atoms with van der Waals surface area (Å²) < 4.78 is 16.8. The van der Waals surface area contributed by atoms with Crippen molar-refractivity contribution in [2.45, 2.75) is 32.9 Å². The first-order chi connectivity index (χ1) is 14.0. The molecule has 0 saturated heterocycles. The van der Waals surface area contributed by atoms with Crippen molar-refractivity contribution in [1.29, 1.82) is 0 Å². The Bertz CT molecular complexity index is 854. The Kier molecular flexibility index (Phi) is 6.94. The molecule has 1 aliphatic heterocycles. The molecule has 2 N–H and O–H groups in total. The lowest BCUT2D eigenvalue weighted by Gasteiger charge is -2.13. The van der Waals surface area contributed by atoms with E-state index in [4.69, 9.17) is 14.2 Å². The van der Waals surface area contributed by atoms with Gasteiger partial charge in [0.2, 0.25) is 5.91 Å². The van der Waals surface area contributed by atoms with Crippen LogP contribution in [0, 0.1) is 0 Å². The molecular formula is C22H26N2O5. The number of hydrogen-bond donors (Lipinski definition) is 2. The van der Waals surface area contributed by atoms with Gasteiger partial charge in [-0.3, -0.25) is 9.59 Å². The van der Waals surface area contributed by atoms with Gasteiger partial charge in [0.15, 0.2) is 6.61 Å². The zero-order valence-corrected chi connectivity index (χ0v) is 16.7. The Balaban J connectivity index is 1.46. The number of nitrogens with one attached hydrogen (secondary N) is 2. The lowest BCUT2D eigenvalue weighted by molar-refractivity contribution is -0.127. The maximum absolute atomic E-state index is 12.1. The second-order valence-electron chi connectivity index (χ2n) is 6.79. The van der Waals surface area contributed by atoms with Crippen LogP contribution in [0.2, 0.25) is 0 Å². The fourth-order valence-electron chi connectivity index (χ4n) is 3.06. The number of ether oxygens (including phenoxy) is 3. The van der Waals surface area contributed by atoms with Crippen LogP contribution in [0.3, 0.4) is 0 Å². The first-order valence-electron chi connectivity index (χ1n) is 9.71. The van der Waals surface area contributed by atoms with Crippen molar-refractivity contribution < 1.29 is 23.8 Å². The molecule has 1 atom stereocenters. The molecule has 2 aromatic carbocycles. The Morgan fingerprint density at radius 3 is 2.66 bits per heavy atom. The van der Waals surface area contributed by atoms with E-state index in [0.717, 1.165) is 29.0 Å². The van der Waals surface area contributed by atoms with Crippen molar-refractivity contribution in [2.75, 3.05) is 19.8 Å². The van der Waals surface area contributed by atoms with Gasteiger partial charge in [0, 0.05) is 24.1 Å². The second kappa shape index (κ2) is 9.82. The van der Waals surface area contributed by atoms with E-state index in [9.17, 15) is 9.59 Å². The summed E-state index contributed by atoms with van der Waals surface area (Å²) in [6.45, 7) is 4.49. The normalized spacial score (nSPS) is 14.5. The molecule has 0 aromatic heterocycles. The maximum atomic E-state index is 12.1. The molecule has 0 fully saturated rings. The Morgan fingerprint density at radius 1 is 1.10 bits per heavy atom. The first-order valence-corrected chi connectivity index (χ1v) is 9.71. The highest BCUT2D eigenvalue weighted by molar-refractivity contribution is 5.85. The zero-order chi connectivity index (χ0) is 20.6. The molecule has 154 valence electrons. The van der Waals surface area contributed by atoms with Crippen molar-refractivity contribution in [2.24, 2.45) is 0 Å². The van der Waals surface area contributed by atoms with E-state index in [1.807, 2.05) is 44.2 Å². The van der Waals surface area contributed by atoms with Crippen molar-refractivity contribution in [1.82, 2.24) is 10.6 Å². The van der Waals surface area contributed by atoms with Crippen LogP contribution in [0.4, 0.5) is 0 Å². The zero-order valence-electron chi connectivity index (χ0n) is 16.7. The maximum Gasteiger partial charge on any atom is 0.258 e. The number of benzene rings is 2. The van der Waals surface area contributed by atoms with Gasteiger partial charge in [-0.2, -0.15) is 0 Å². The summed E-state index contributed by atoms with van der Waals surface area (Å²) in [5.41, 5.74) is 1.95. The standard InChI is InChI=1S/C22H26N2O5/c1-3-27-19-10-16-9-15(2)29-20(16)11-17(19)12-23-21(25)13-24-22(26)14-28-18-7-5-4-6-8-18/h4-8,10-11,15H,3,9,12-14H2,1-2H3,(H,23,25)(H,24,26)/t15-/m0/s1. The van der Waals surface area contributed by atoms with Gasteiger partial charge >= 0.3 is 0 Å². The van der Waals surface area contributed by atoms with Crippen LogP contribution in [0.1, 0.15) is 25.0 Å². The summed E-state index contributed by atoms with van der Waals surface area (Å²) in [5, 5.41) is 5.34. The number of para-hydroxylation sites is 1. The van der Waals surface area contributed by atoms with Crippen LogP contribution in [-0.4, -0.2) is 37.7 Å². The molecule has 0 radical (unpaired) electrons. The van der Waals surface area contributed by atoms with E-state index in [1.54, 1.807) is 12.1 Å². The molecule has 1 aliphatic rings. The van der Waals surface area contributed by atoms with E-state index in [-0.39, 0.29) is 37.6 Å². The Morgan fingerprint density at radius 2 is 1.90 bits per heavy atom. The molecule has 0 spiro atoms. The molecule has 0 bridgehead atoms. The minimum atomic E-state index is -0.362. The topological polar surface area (TPSA) is 85.9 Å². The molecule has 0 aliphatic carbocycles. The molecule has 7 heteroatoms. The SMILES string of the molecule is CCOc1cc2c(cc1CNC(=O)CNC(=O)COc1ccccc1)O[C@@H](C)C2. The van der Waals surface area contributed by atoms with Crippen LogP contribution in [-0.2, 0) is 22.6 Å². The van der Waals surface area contributed by atoms with Crippen LogP contribution in [0.15, 0.2) is 42.5 Å². The van der Waals surface area contributed by atoms with Gasteiger partial charge in [-0.15, -0.1) is 0 Å². The van der Waals surface area contributed by atoms with Crippen LogP contribution < -0.4 is 24.8 Å². The third-order valence-electron chi connectivity index (χ3n) is 4.41. The van der Waals surface area contributed by atoms with Crippen LogP contribution >= 0.6 is 0 Å². The minimum absolute atomic E-state index is 0.126. The molecule has 7 nitrogen and oxygen atoms in total. The van der Waals surface area contributed by atoms with E-state index < -0.39 is 0 Å². The summed E-state index contributed by atoms with van der Waals surface area (Å²) in [5.74, 6) is 1.51. The van der Waals surface area contributed by atoms with Gasteiger partial charge in [-0.25, -0.2) is 0 Å². The first kappa shape index (κ1) is 20.5. The summed E-state index contributed by atoms with van der Waals surface area (Å²) >= 11 is 0. The fraction of sp³-hybridized carbons (Fsp3) is 0.364. The van der Waals surface area contributed by atoms with Gasteiger partial charge in [0.1, 0.15) is 23.4 Å². The number of amides is 2. The van der Waals surface area contributed by atoms with Crippen LogP contribution in [0.25, 0.3) is 0 Å². The molecule has 2 amide bonds. The smallest absolute Gasteiger partial charge is 0.258 e. The molecular weight excluding hydrogens is 372 g/mol. The predicted octanol–water partition coefficient (Wildman–Crippen LogP) is 2.22. The number of rotatable bonds is 9. The highest BCUT2D eigenvalue weighted by Gasteiger charge is 2.22. The largest absolute Gasteiger partial charge is 0.494 e. The fourth-order valence-corrected chi connectivity index (χ4v) is 3.06.